The Morgan fingerprint density at radius 3 is 2.56 bits per heavy atom. The van der Waals surface area contributed by atoms with Crippen molar-refractivity contribution in [3.05, 3.63) is 59.4 Å². The van der Waals surface area contributed by atoms with Crippen LogP contribution in [0.15, 0.2) is 59.0 Å². The van der Waals surface area contributed by atoms with Crippen molar-refractivity contribution in [1.82, 2.24) is 34.8 Å². The van der Waals surface area contributed by atoms with E-state index in [1.54, 1.807) is 22.7 Å². The van der Waals surface area contributed by atoms with E-state index < -0.39 is 12.0 Å². The number of rotatable bonds is 8. The average molecular weight is 482 g/mol. The number of ether oxygens (including phenoxy) is 1. The number of benzene rings is 1. The van der Waals surface area contributed by atoms with Gasteiger partial charge in [-0.1, -0.05) is 42.1 Å². The molecule has 3 aromatic rings. The lowest BCUT2D eigenvalue weighted by Crippen LogP contribution is -2.49. The van der Waals surface area contributed by atoms with Crippen molar-refractivity contribution in [2.45, 2.75) is 25.0 Å². The first-order chi connectivity index (χ1) is 16.5. The Hall–Kier alpha value is -3.60. The molecule has 1 unspecified atom stereocenters. The lowest BCUT2D eigenvalue weighted by molar-refractivity contribution is -0.139. The molecule has 0 fully saturated rings. The van der Waals surface area contributed by atoms with E-state index in [1.165, 1.54) is 11.8 Å². The Morgan fingerprint density at radius 1 is 1.15 bits per heavy atom. The average Bonchev–Trinajstić information content (AvgIpc) is 3.42. The fourth-order valence-corrected chi connectivity index (χ4v) is 4.88. The molecule has 10 nitrogen and oxygen atoms in total. The van der Waals surface area contributed by atoms with Crippen LogP contribution in [0.2, 0.25) is 0 Å². The van der Waals surface area contributed by atoms with Crippen LogP contribution < -0.4 is 5.32 Å². The molecule has 0 spiro atoms. The summed E-state index contributed by atoms with van der Waals surface area (Å²) in [6, 6.07) is 10.4. The molecular formula is C23H27N7O3S. The van der Waals surface area contributed by atoms with E-state index in [2.05, 4.69) is 20.6 Å². The molecule has 1 aliphatic heterocycles. The monoisotopic (exact) mass is 481 g/mol. The van der Waals surface area contributed by atoms with E-state index in [4.69, 9.17) is 4.74 Å². The quantitative estimate of drug-likeness (QED) is 0.389. The Bertz CT molecular complexity index is 1220. The molecule has 11 heteroatoms. The summed E-state index contributed by atoms with van der Waals surface area (Å²) >= 11 is 1.41. The van der Waals surface area contributed by atoms with Gasteiger partial charge in [-0.05, 0) is 25.5 Å². The second-order valence-electron chi connectivity index (χ2n) is 7.61. The van der Waals surface area contributed by atoms with Gasteiger partial charge in [-0.25, -0.2) is 9.59 Å². The van der Waals surface area contributed by atoms with Crippen LogP contribution >= 0.6 is 11.8 Å². The zero-order chi connectivity index (χ0) is 24.2. The summed E-state index contributed by atoms with van der Waals surface area (Å²) in [6.45, 7) is 4.29. The third-order valence-corrected chi connectivity index (χ3v) is 6.64. The van der Waals surface area contributed by atoms with Crippen molar-refractivity contribution < 1.29 is 14.3 Å². The summed E-state index contributed by atoms with van der Waals surface area (Å²) in [5.41, 5.74) is 2.68. The van der Waals surface area contributed by atoms with Gasteiger partial charge < -0.3 is 14.6 Å². The smallest absolute Gasteiger partial charge is 0.338 e. The van der Waals surface area contributed by atoms with Crippen molar-refractivity contribution in [1.29, 1.82) is 0 Å². The molecule has 178 valence electrons. The summed E-state index contributed by atoms with van der Waals surface area (Å²) in [5, 5.41) is 16.5. The minimum absolute atomic E-state index is 0.238. The number of hydrogen-bond acceptors (Lipinski definition) is 7. The number of thioether (sulfide) groups is 1. The highest BCUT2D eigenvalue weighted by atomic mass is 32.2. The zero-order valence-electron chi connectivity index (χ0n) is 19.6. The Kier molecular flexibility index (Phi) is 7.01. The number of carbonyl (C=O) groups is 2. The first-order valence-corrected chi connectivity index (χ1v) is 12.0. The molecule has 1 N–H and O–H groups in total. The largest absolute Gasteiger partial charge is 0.463 e. The molecule has 0 radical (unpaired) electrons. The Labute approximate surface area is 202 Å². The third kappa shape index (κ3) is 4.43. The molecule has 2 aromatic heterocycles. The minimum Gasteiger partial charge on any atom is -0.463 e. The second kappa shape index (κ2) is 10.1. The molecule has 0 saturated carbocycles. The first kappa shape index (κ1) is 23.6. The van der Waals surface area contributed by atoms with Gasteiger partial charge in [-0.3, -0.25) is 9.58 Å². The predicted octanol–water partition coefficient (Wildman–Crippen LogP) is 2.91. The van der Waals surface area contributed by atoms with Crippen LogP contribution in [0.3, 0.4) is 0 Å². The lowest BCUT2D eigenvalue weighted by Gasteiger charge is -2.36. The summed E-state index contributed by atoms with van der Waals surface area (Å²) in [6.07, 6.45) is 1.71. The van der Waals surface area contributed by atoms with Crippen molar-refractivity contribution in [2.75, 3.05) is 18.9 Å². The second-order valence-corrected chi connectivity index (χ2v) is 8.55. The molecular weight excluding hydrogens is 454 g/mol. The van der Waals surface area contributed by atoms with Gasteiger partial charge >= 0.3 is 12.0 Å². The van der Waals surface area contributed by atoms with Crippen molar-refractivity contribution in [2.24, 2.45) is 14.1 Å². The van der Waals surface area contributed by atoms with Crippen LogP contribution in [0.5, 0.6) is 0 Å². The third-order valence-electron chi connectivity index (χ3n) is 5.61. The van der Waals surface area contributed by atoms with Gasteiger partial charge in [0.2, 0.25) is 0 Å². The Morgan fingerprint density at radius 2 is 1.91 bits per heavy atom. The molecule has 2 amide bonds. The molecule has 0 aliphatic carbocycles. The number of urea groups is 1. The van der Waals surface area contributed by atoms with E-state index in [-0.39, 0.29) is 12.6 Å². The minimum atomic E-state index is -0.601. The van der Waals surface area contributed by atoms with E-state index in [9.17, 15) is 9.59 Å². The van der Waals surface area contributed by atoms with Crippen LogP contribution in [-0.4, -0.2) is 60.3 Å². The molecule has 34 heavy (non-hydrogen) atoms. The van der Waals surface area contributed by atoms with Crippen LogP contribution in [0.1, 0.15) is 25.5 Å². The van der Waals surface area contributed by atoms with Crippen molar-refractivity contribution >= 4 is 23.8 Å². The number of aryl methyl sites for hydroxylation is 1. The highest BCUT2D eigenvalue weighted by Crippen LogP contribution is 2.34. The number of aromatic nitrogens is 5. The van der Waals surface area contributed by atoms with Gasteiger partial charge in [0.1, 0.15) is 5.69 Å². The van der Waals surface area contributed by atoms with E-state index in [0.29, 0.717) is 34.5 Å². The summed E-state index contributed by atoms with van der Waals surface area (Å²) < 4.78 is 9.01. The normalized spacial score (nSPS) is 16.1. The van der Waals surface area contributed by atoms with Gasteiger partial charge in [0, 0.05) is 38.3 Å². The number of hydrogen-bond donors (Lipinski definition) is 1. The SMILES string of the molecule is CCOC(=O)C1=C(CSc2nnc(-c3ccnn3C)n2C)N(CC)C(=O)NC1c1ccccc1. The highest BCUT2D eigenvalue weighted by Gasteiger charge is 2.37. The molecule has 0 saturated heterocycles. The topological polar surface area (TPSA) is 107 Å². The van der Waals surface area contributed by atoms with Gasteiger partial charge in [0.15, 0.2) is 11.0 Å². The summed E-state index contributed by atoms with van der Waals surface area (Å²) in [4.78, 5) is 27.7. The highest BCUT2D eigenvalue weighted by molar-refractivity contribution is 7.99. The van der Waals surface area contributed by atoms with Gasteiger partial charge in [-0.2, -0.15) is 5.10 Å². The predicted molar refractivity (Wildman–Crippen MR) is 128 cm³/mol. The van der Waals surface area contributed by atoms with Crippen LogP contribution in [0.25, 0.3) is 11.5 Å². The maximum Gasteiger partial charge on any atom is 0.338 e. The Balaban J connectivity index is 1.72. The number of nitrogens with one attached hydrogen (secondary N) is 1. The van der Waals surface area contributed by atoms with Gasteiger partial charge in [0.25, 0.3) is 0 Å². The lowest BCUT2D eigenvalue weighted by atomic mass is 9.95. The fraction of sp³-hybridized carbons (Fsp3) is 0.348. The van der Waals surface area contributed by atoms with Crippen LogP contribution in [0.4, 0.5) is 4.79 Å². The molecule has 1 atom stereocenters. The standard InChI is InChI=1S/C23H27N7O3S/c1-5-30-17(14-34-23-27-26-20(28(23)3)16-12-13-24-29(16)4)18(21(31)33-6-2)19(25-22(30)32)15-10-8-7-9-11-15/h7-13,19H,5-6,14H2,1-4H3,(H,25,32). The maximum atomic E-state index is 13.1. The van der Waals surface area contributed by atoms with E-state index in [0.717, 1.165) is 11.3 Å². The van der Waals surface area contributed by atoms with Gasteiger partial charge in [0.05, 0.1) is 18.2 Å². The maximum absolute atomic E-state index is 13.1. The van der Waals surface area contributed by atoms with Crippen LogP contribution in [-0.2, 0) is 23.6 Å². The number of carbonyl (C=O) groups excluding carboxylic acids is 2. The van der Waals surface area contributed by atoms with Crippen LogP contribution in [0, 0.1) is 0 Å². The fourth-order valence-electron chi connectivity index (χ4n) is 3.93. The molecule has 1 aromatic carbocycles. The molecule has 4 rings (SSSR count). The summed E-state index contributed by atoms with van der Waals surface area (Å²) in [7, 11) is 3.72. The number of amides is 2. The van der Waals surface area contributed by atoms with Gasteiger partial charge in [-0.15, -0.1) is 10.2 Å². The summed E-state index contributed by atoms with van der Waals surface area (Å²) in [5.74, 6) is 0.577. The molecule has 0 bridgehead atoms. The zero-order valence-corrected chi connectivity index (χ0v) is 20.4. The van der Waals surface area contributed by atoms with E-state index >= 15 is 0 Å². The molecule has 1 aliphatic rings. The van der Waals surface area contributed by atoms with Crippen molar-refractivity contribution in [3.63, 3.8) is 0 Å². The number of esters is 1. The number of nitrogens with zero attached hydrogens (tertiary/aromatic N) is 6. The molecule has 3 heterocycles. The van der Waals surface area contributed by atoms with E-state index in [1.807, 2.05) is 62.0 Å². The first-order valence-electron chi connectivity index (χ1n) is 11.0. The van der Waals surface area contributed by atoms with Crippen molar-refractivity contribution in [3.8, 4) is 11.5 Å².